The average molecular weight is 288 g/mol. The molecule has 2 aromatic heterocycles. The van der Waals surface area contributed by atoms with Gasteiger partial charge in [-0.05, 0) is 18.9 Å². The molecule has 0 aliphatic heterocycles. The number of methoxy groups -OCH3 is 1. The highest BCUT2D eigenvalue weighted by Gasteiger charge is 2.03. The first-order chi connectivity index (χ1) is 10.2. The standard InChI is InChI=1S/C15H20N4O2/c1-4-7-21-14-8-11(2)18-15(19-14)17-10-12-5-6-13(20-3)16-9-12/h5-6,8-9H,4,7,10H2,1-3H3,(H,17,18,19). The molecule has 0 aliphatic rings. The molecule has 112 valence electrons. The van der Waals surface area contributed by atoms with Gasteiger partial charge < -0.3 is 14.8 Å². The number of ether oxygens (including phenoxy) is 2. The summed E-state index contributed by atoms with van der Waals surface area (Å²) in [5, 5.41) is 3.17. The molecule has 0 aromatic carbocycles. The van der Waals surface area contributed by atoms with E-state index in [0.29, 0.717) is 30.9 Å². The second-order valence-electron chi connectivity index (χ2n) is 4.58. The molecule has 0 spiro atoms. The normalized spacial score (nSPS) is 10.2. The minimum absolute atomic E-state index is 0.553. The molecule has 0 radical (unpaired) electrons. The Kier molecular flexibility index (Phi) is 5.31. The molecule has 2 aromatic rings. The van der Waals surface area contributed by atoms with E-state index >= 15 is 0 Å². The van der Waals surface area contributed by atoms with Gasteiger partial charge in [0.25, 0.3) is 0 Å². The fraction of sp³-hybridized carbons (Fsp3) is 0.400. The molecule has 0 unspecified atom stereocenters. The SMILES string of the molecule is CCCOc1cc(C)nc(NCc2ccc(OC)nc2)n1. The van der Waals surface area contributed by atoms with Gasteiger partial charge in [0.2, 0.25) is 17.7 Å². The molecule has 0 bridgehead atoms. The van der Waals surface area contributed by atoms with Gasteiger partial charge in [-0.2, -0.15) is 4.98 Å². The number of hydrogen-bond acceptors (Lipinski definition) is 6. The second-order valence-corrected chi connectivity index (χ2v) is 4.58. The van der Waals surface area contributed by atoms with Gasteiger partial charge in [0, 0.05) is 30.6 Å². The van der Waals surface area contributed by atoms with Crippen molar-refractivity contribution in [2.75, 3.05) is 19.0 Å². The van der Waals surface area contributed by atoms with Crippen molar-refractivity contribution in [3.8, 4) is 11.8 Å². The molecule has 0 fully saturated rings. The van der Waals surface area contributed by atoms with Crippen LogP contribution in [0.2, 0.25) is 0 Å². The molecule has 21 heavy (non-hydrogen) atoms. The van der Waals surface area contributed by atoms with Crippen molar-refractivity contribution in [1.82, 2.24) is 15.0 Å². The Labute approximate surface area is 124 Å². The molecule has 6 heteroatoms. The van der Waals surface area contributed by atoms with Crippen LogP contribution in [0.4, 0.5) is 5.95 Å². The number of rotatable bonds is 7. The van der Waals surface area contributed by atoms with E-state index in [0.717, 1.165) is 17.7 Å². The van der Waals surface area contributed by atoms with Crippen LogP contribution in [0.25, 0.3) is 0 Å². The zero-order valence-electron chi connectivity index (χ0n) is 12.6. The number of aryl methyl sites for hydroxylation is 1. The van der Waals surface area contributed by atoms with Crippen LogP contribution in [0, 0.1) is 6.92 Å². The number of aromatic nitrogens is 3. The maximum absolute atomic E-state index is 5.54. The molecule has 6 nitrogen and oxygen atoms in total. The van der Waals surface area contributed by atoms with Crippen LogP contribution in [0.3, 0.4) is 0 Å². The van der Waals surface area contributed by atoms with Crippen molar-refractivity contribution in [3.63, 3.8) is 0 Å². The first-order valence-electron chi connectivity index (χ1n) is 6.92. The summed E-state index contributed by atoms with van der Waals surface area (Å²) < 4.78 is 10.6. The van der Waals surface area contributed by atoms with Gasteiger partial charge in [-0.25, -0.2) is 9.97 Å². The van der Waals surface area contributed by atoms with Gasteiger partial charge in [-0.15, -0.1) is 0 Å². The van der Waals surface area contributed by atoms with Crippen LogP contribution in [-0.2, 0) is 6.54 Å². The fourth-order valence-electron chi connectivity index (χ4n) is 1.72. The van der Waals surface area contributed by atoms with Crippen molar-refractivity contribution in [1.29, 1.82) is 0 Å². The van der Waals surface area contributed by atoms with E-state index in [2.05, 4.69) is 27.2 Å². The maximum Gasteiger partial charge on any atom is 0.226 e. The van der Waals surface area contributed by atoms with E-state index in [1.807, 2.05) is 25.1 Å². The number of hydrogen-bond donors (Lipinski definition) is 1. The highest BCUT2D eigenvalue weighted by Crippen LogP contribution is 2.13. The Morgan fingerprint density at radius 1 is 1.19 bits per heavy atom. The highest BCUT2D eigenvalue weighted by atomic mass is 16.5. The smallest absolute Gasteiger partial charge is 0.226 e. The molecule has 2 heterocycles. The summed E-state index contributed by atoms with van der Waals surface area (Å²) in [4.78, 5) is 12.8. The summed E-state index contributed by atoms with van der Waals surface area (Å²) in [6.45, 7) is 5.22. The predicted molar refractivity (Wildman–Crippen MR) is 80.7 cm³/mol. The maximum atomic E-state index is 5.54. The Hall–Kier alpha value is -2.37. The molecule has 0 aliphatic carbocycles. The van der Waals surface area contributed by atoms with E-state index in [1.165, 1.54) is 0 Å². The molecule has 2 rings (SSSR count). The van der Waals surface area contributed by atoms with Crippen molar-refractivity contribution in [2.24, 2.45) is 0 Å². The summed E-state index contributed by atoms with van der Waals surface area (Å²) in [7, 11) is 1.60. The van der Waals surface area contributed by atoms with E-state index in [4.69, 9.17) is 9.47 Å². The van der Waals surface area contributed by atoms with E-state index in [1.54, 1.807) is 13.3 Å². The molecule has 0 atom stereocenters. The molecule has 0 saturated heterocycles. The topological polar surface area (TPSA) is 69.2 Å². The van der Waals surface area contributed by atoms with Crippen LogP contribution < -0.4 is 14.8 Å². The molecule has 0 amide bonds. The van der Waals surface area contributed by atoms with Gasteiger partial charge in [0.05, 0.1) is 13.7 Å². The summed E-state index contributed by atoms with van der Waals surface area (Å²) in [6, 6.07) is 5.60. The molecular weight excluding hydrogens is 268 g/mol. The summed E-state index contributed by atoms with van der Waals surface area (Å²) in [6.07, 6.45) is 2.71. The van der Waals surface area contributed by atoms with Crippen LogP contribution >= 0.6 is 0 Å². The summed E-state index contributed by atoms with van der Waals surface area (Å²) >= 11 is 0. The Morgan fingerprint density at radius 3 is 2.71 bits per heavy atom. The van der Waals surface area contributed by atoms with Gasteiger partial charge in [-0.3, -0.25) is 0 Å². The third-order valence-corrected chi connectivity index (χ3v) is 2.74. The number of nitrogens with one attached hydrogen (secondary N) is 1. The summed E-state index contributed by atoms with van der Waals surface area (Å²) in [5.74, 6) is 1.75. The molecular formula is C15H20N4O2. The largest absolute Gasteiger partial charge is 0.481 e. The monoisotopic (exact) mass is 288 g/mol. The Morgan fingerprint density at radius 2 is 2.05 bits per heavy atom. The minimum atomic E-state index is 0.553. The average Bonchev–Trinajstić information content (AvgIpc) is 2.51. The quantitative estimate of drug-likeness (QED) is 0.844. The van der Waals surface area contributed by atoms with Crippen LogP contribution in [0.15, 0.2) is 24.4 Å². The van der Waals surface area contributed by atoms with Crippen LogP contribution in [0.5, 0.6) is 11.8 Å². The zero-order valence-corrected chi connectivity index (χ0v) is 12.6. The molecule has 1 N–H and O–H groups in total. The second kappa shape index (κ2) is 7.42. The lowest BCUT2D eigenvalue weighted by Crippen LogP contribution is -2.07. The number of nitrogens with zero attached hydrogens (tertiary/aromatic N) is 3. The third kappa shape index (κ3) is 4.59. The van der Waals surface area contributed by atoms with E-state index in [-0.39, 0.29) is 0 Å². The van der Waals surface area contributed by atoms with E-state index in [9.17, 15) is 0 Å². The van der Waals surface area contributed by atoms with Crippen LogP contribution in [0.1, 0.15) is 24.6 Å². The van der Waals surface area contributed by atoms with Crippen LogP contribution in [-0.4, -0.2) is 28.7 Å². The summed E-state index contributed by atoms with van der Waals surface area (Å²) in [5.41, 5.74) is 1.89. The van der Waals surface area contributed by atoms with Crippen molar-refractivity contribution in [3.05, 3.63) is 35.7 Å². The van der Waals surface area contributed by atoms with Crippen molar-refractivity contribution in [2.45, 2.75) is 26.8 Å². The zero-order chi connectivity index (χ0) is 15.1. The van der Waals surface area contributed by atoms with E-state index < -0.39 is 0 Å². The predicted octanol–water partition coefficient (Wildman–Crippen LogP) is 2.59. The third-order valence-electron chi connectivity index (χ3n) is 2.74. The van der Waals surface area contributed by atoms with Gasteiger partial charge in [-0.1, -0.05) is 13.0 Å². The number of anilines is 1. The Balaban J connectivity index is 1.99. The van der Waals surface area contributed by atoms with Gasteiger partial charge in [0.15, 0.2) is 0 Å². The highest BCUT2D eigenvalue weighted by molar-refractivity contribution is 5.32. The van der Waals surface area contributed by atoms with Crippen molar-refractivity contribution < 1.29 is 9.47 Å². The van der Waals surface area contributed by atoms with Gasteiger partial charge >= 0.3 is 0 Å². The fourth-order valence-corrected chi connectivity index (χ4v) is 1.72. The minimum Gasteiger partial charge on any atom is -0.481 e. The lowest BCUT2D eigenvalue weighted by Gasteiger charge is -2.09. The molecule has 0 saturated carbocycles. The Bertz CT molecular complexity index is 572. The first-order valence-corrected chi connectivity index (χ1v) is 6.92. The van der Waals surface area contributed by atoms with Crippen molar-refractivity contribution >= 4 is 5.95 Å². The lowest BCUT2D eigenvalue weighted by molar-refractivity contribution is 0.305. The lowest BCUT2D eigenvalue weighted by atomic mass is 10.3. The number of pyridine rings is 1. The first kappa shape index (κ1) is 15.0. The van der Waals surface area contributed by atoms with Gasteiger partial charge in [0.1, 0.15) is 0 Å².